The van der Waals surface area contributed by atoms with Gasteiger partial charge in [0, 0.05) is 26.1 Å². The number of nitrogens with two attached hydrogens (primary N) is 1. The average Bonchev–Trinajstić information content (AvgIpc) is 2.43. The van der Waals surface area contributed by atoms with Crippen molar-refractivity contribution in [1.82, 2.24) is 10.2 Å². The molecular weight excluding hydrogens is 254 g/mol. The molecule has 2 unspecified atom stereocenters. The van der Waals surface area contributed by atoms with Gasteiger partial charge in [0.2, 0.25) is 5.91 Å². The first-order valence-corrected chi connectivity index (χ1v) is 7.82. The zero-order valence-electron chi connectivity index (χ0n) is 13.5. The van der Waals surface area contributed by atoms with Gasteiger partial charge in [-0.3, -0.25) is 4.79 Å². The first-order chi connectivity index (χ1) is 9.41. The van der Waals surface area contributed by atoms with Crippen molar-refractivity contribution in [3.63, 3.8) is 0 Å². The van der Waals surface area contributed by atoms with E-state index in [1.165, 1.54) is 0 Å². The van der Waals surface area contributed by atoms with E-state index >= 15 is 0 Å². The van der Waals surface area contributed by atoms with Crippen LogP contribution in [0.3, 0.4) is 0 Å². The minimum absolute atomic E-state index is 0.250. The summed E-state index contributed by atoms with van der Waals surface area (Å²) in [6.45, 7) is 12.8. The summed E-state index contributed by atoms with van der Waals surface area (Å²) in [5, 5.41) is 3.43. The second-order valence-corrected chi connectivity index (χ2v) is 5.98. The molecule has 2 atom stereocenters. The standard InChI is InChI=1S/C15H31N3O2/c1-5-14(4)12-15(13(16)19,8-11-20-14)17-9-10-18(6-2)7-3/h17H,5-12H2,1-4H3,(H2,16,19). The molecule has 0 saturated carbocycles. The summed E-state index contributed by atoms with van der Waals surface area (Å²) in [5.41, 5.74) is 4.82. The highest BCUT2D eigenvalue weighted by Gasteiger charge is 2.46. The summed E-state index contributed by atoms with van der Waals surface area (Å²) in [6, 6.07) is 0. The smallest absolute Gasteiger partial charge is 0.237 e. The van der Waals surface area contributed by atoms with Gasteiger partial charge < -0.3 is 20.7 Å². The number of hydrogen-bond acceptors (Lipinski definition) is 4. The second-order valence-electron chi connectivity index (χ2n) is 5.98. The van der Waals surface area contributed by atoms with Gasteiger partial charge in [0.25, 0.3) is 0 Å². The summed E-state index contributed by atoms with van der Waals surface area (Å²) >= 11 is 0. The van der Waals surface area contributed by atoms with Gasteiger partial charge in [-0.15, -0.1) is 0 Å². The van der Waals surface area contributed by atoms with Gasteiger partial charge in [0.15, 0.2) is 0 Å². The van der Waals surface area contributed by atoms with Crippen LogP contribution < -0.4 is 11.1 Å². The normalized spacial score (nSPS) is 30.6. The van der Waals surface area contributed by atoms with Crippen LogP contribution in [-0.4, -0.2) is 54.7 Å². The Morgan fingerprint density at radius 2 is 2.00 bits per heavy atom. The molecule has 0 aromatic carbocycles. The molecule has 0 bridgehead atoms. The van der Waals surface area contributed by atoms with E-state index in [9.17, 15) is 4.79 Å². The lowest BCUT2D eigenvalue weighted by molar-refractivity contribution is -0.141. The van der Waals surface area contributed by atoms with Crippen LogP contribution in [0.1, 0.15) is 47.0 Å². The Labute approximate surface area is 123 Å². The third-order valence-electron chi connectivity index (χ3n) is 4.66. The fourth-order valence-corrected chi connectivity index (χ4v) is 2.92. The quantitative estimate of drug-likeness (QED) is 0.701. The number of hydrogen-bond donors (Lipinski definition) is 2. The molecule has 1 heterocycles. The highest BCUT2D eigenvalue weighted by molar-refractivity contribution is 5.85. The Kier molecular flexibility index (Phi) is 6.43. The highest BCUT2D eigenvalue weighted by atomic mass is 16.5. The monoisotopic (exact) mass is 285 g/mol. The molecule has 0 aliphatic carbocycles. The molecule has 1 rings (SSSR count). The van der Waals surface area contributed by atoms with E-state index in [0.29, 0.717) is 19.4 Å². The van der Waals surface area contributed by atoms with E-state index in [0.717, 1.165) is 32.6 Å². The predicted octanol–water partition coefficient (Wildman–Crippen LogP) is 1.12. The highest BCUT2D eigenvalue weighted by Crippen LogP contribution is 2.34. The molecule has 1 aliphatic heterocycles. The van der Waals surface area contributed by atoms with Gasteiger partial charge in [0.05, 0.1) is 5.60 Å². The van der Waals surface area contributed by atoms with Crippen molar-refractivity contribution in [2.24, 2.45) is 5.73 Å². The van der Waals surface area contributed by atoms with Crippen LogP contribution in [0.4, 0.5) is 0 Å². The molecule has 3 N–H and O–H groups in total. The lowest BCUT2D eigenvalue weighted by Gasteiger charge is -2.45. The Balaban J connectivity index is 2.66. The van der Waals surface area contributed by atoms with Crippen molar-refractivity contribution >= 4 is 5.91 Å². The molecular formula is C15H31N3O2. The summed E-state index contributed by atoms with van der Waals surface area (Å²) in [7, 11) is 0. The Morgan fingerprint density at radius 1 is 1.35 bits per heavy atom. The number of likely N-dealkylation sites (N-methyl/N-ethyl adjacent to an activating group) is 1. The maximum absolute atomic E-state index is 12.0. The lowest BCUT2D eigenvalue weighted by atomic mass is 9.78. The third kappa shape index (κ3) is 4.17. The molecule has 5 nitrogen and oxygen atoms in total. The van der Waals surface area contributed by atoms with E-state index in [1.54, 1.807) is 0 Å². The maximum atomic E-state index is 12.0. The van der Waals surface area contributed by atoms with Crippen LogP contribution >= 0.6 is 0 Å². The lowest BCUT2D eigenvalue weighted by Crippen LogP contribution is -2.63. The first-order valence-electron chi connectivity index (χ1n) is 7.82. The van der Waals surface area contributed by atoms with Crippen molar-refractivity contribution in [2.75, 3.05) is 32.8 Å². The van der Waals surface area contributed by atoms with Crippen molar-refractivity contribution < 1.29 is 9.53 Å². The summed E-state index contributed by atoms with van der Waals surface area (Å²) in [4.78, 5) is 14.3. The Bertz CT molecular complexity index is 320. The van der Waals surface area contributed by atoms with Crippen molar-refractivity contribution in [3.05, 3.63) is 0 Å². The van der Waals surface area contributed by atoms with Gasteiger partial charge in [0.1, 0.15) is 5.54 Å². The van der Waals surface area contributed by atoms with Crippen molar-refractivity contribution in [3.8, 4) is 0 Å². The van der Waals surface area contributed by atoms with Gasteiger partial charge in [-0.2, -0.15) is 0 Å². The second kappa shape index (κ2) is 7.38. The number of amides is 1. The molecule has 118 valence electrons. The molecule has 5 heteroatoms. The molecule has 1 amide bonds. The first kappa shape index (κ1) is 17.4. The van der Waals surface area contributed by atoms with Crippen molar-refractivity contribution in [1.29, 1.82) is 0 Å². The van der Waals surface area contributed by atoms with Crippen molar-refractivity contribution in [2.45, 2.75) is 58.1 Å². The molecule has 0 aromatic rings. The Morgan fingerprint density at radius 3 is 2.50 bits per heavy atom. The van der Waals surface area contributed by atoms with Gasteiger partial charge in [-0.25, -0.2) is 0 Å². The SMILES string of the molecule is CCN(CC)CCNC1(C(N)=O)CCOC(C)(CC)C1. The molecule has 0 spiro atoms. The molecule has 20 heavy (non-hydrogen) atoms. The molecule has 1 aliphatic rings. The predicted molar refractivity (Wildman–Crippen MR) is 81.6 cm³/mol. The minimum atomic E-state index is -0.615. The number of primary amides is 1. The van der Waals surface area contributed by atoms with Gasteiger partial charge >= 0.3 is 0 Å². The van der Waals surface area contributed by atoms with Crippen LogP contribution in [-0.2, 0) is 9.53 Å². The fraction of sp³-hybridized carbons (Fsp3) is 0.933. The topological polar surface area (TPSA) is 67.6 Å². The minimum Gasteiger partial charge on any atom is -0.375 e. The molecule has 0 aromatic heterocycles. The summed E-state index contributed by atoms with van der Waals surface area (Å²) in [5.74, 6) is -0.250. The maximum Gasteiger partial charge on any atom is 0.237 e. The summed E-state index contributed by atoms with van der Waals surface area (Å²) < 4.78 is 5.83. The van der Waals surface area contributed by atoms with E-state index in [-0.39, 0.29) is 11.5 Å². The van der Waals surface area contributed by atoms with E-state index in [1.807, 2.05) is 0 Å². The largest absolute Gasteiger partial charge is 0.375 e. The molecule has 1 saturated heterocycles. The third-order valence-corrected chi connectivity index (χ3v) is 4.66. The van der Waals surface area contributed by atoms with E-state index in [2.05, 4.69) is 37.9 Å². The van der Waals surface area contributed by atoms with Crippen LogP contribution in [0.5, 0.6) is 0 Å². The van der Waals surface area contributed by atoms with E-state index in [4.69, 9.17) is 10.5 Å². The molecule has 0 radical (unpaired) electrons. The number of nitrogens with zero attached hydrogens (tertiary/aromatic N) is 1. The van der Waals surface area contributed by atoms with Gasteiger partial charge in [-0.1, -0.05) is 20.8 Å². The number of ether oxygens (including phenoxy) is 1. The molecule has 1 fully saturated rings. The zero-order valence-corrected chi connectivity index (χ0v) is 13.5. The fourth-order valence-electron chi connectivity index (χ4n) is 2.92. The van der Waals surface area contributed by atoms with Crippen LogP contribution in [0.2, 0.25) is 0 Å². The zero-order chi connectivity index (χ0) is 15.2. The number of carbonyl (C=O) groups is 1. The average molecular weight is 285 g/mol. The number of nitrogens with one attached hydrogen (secondary N) is 1. The number of carbonyl (C=O) groups excluding carboxylic acids is 1. The van der Waals surface area contributed by atoms with Crippen LogP contribution in [0.25, 0.3) is 0 Å². The van der Waals surface area contributed by atoms with E-state index < -0.39 is 5.54 Å². The van der Waals surface area contributed by atoms with Crippen LogP contribution in [0, 0.1) is 0 Å². The van der Waals surface area contributed by atoms with Crippen LogP contribution in [0.15, 0.2) is 0 Å². The summed E-state index contributed by atoms with van der Waals surface area (Å²) in [6.07, 6.45) is 2.21. The Hall–Kier alpha value is -0.650. The number of rotatable bonds is 8. The van der Waals surface area contributed by atoms with Gasteiger partial charge in [-0.05, 0) is 32.9 Å².